The van der Waals surface area contributed by atoms with E-state index in [0.29, 0.717) is 68.6 Å². The summed E-state index contributed by atoms with van der Waals surface area (Å²) >= 11 is 0. The van der Waals surface area contributed by atoms with Crippen LogP contribution in [0.3, 0.4) is 0 Å². The Morgan fingerprint density at radius 3 is 2.52 bits per heavy atom. The number of morpholine rings is 1. The summed E-state index contributed by atoms with van der Waals surface area (Å²) in [7, 11) is -2.44. The summed E-state index contributed by atoms with van der Waals surface area (Å²) in [4.78, 5) is 29.8. The highest BCUT2D eigenvalue weighted by Gasteiger charge is 2.36. The minimum Gasteiger partial charge on any atom is -0.497 e. The van der Waals surface area contributed by atoms with Crippen molar-refractivity contribution in [2.75, 3.05) is 56.1 Å². The van der Waals surface area contributed by atoms with E-state index >= 15 is 0 Å². The quantitative estimate of drug-likeness (QED) is 0.490. The number of hydrogen-bond donors (Lipinski definition) is 1. The molecule has 0 aliphatic carbocycles. The van der Waals surface area contributed by atoms with E-state index in [1.807, 2.05) is 16.7 Å². The number of sulfonamides is 1. The Bertz CT molecular complexity index is 1580. The lowest BCUT2D eigenvalue weighted by molar-refractivity contribution is 0.0303. The maximum absolute atomic E-state index is 13.5. The molecule has 6 rings (SSSR count). The number of carbonyl (C=O) groups is 1. The first-order valence-electron chi connectivity index (χ1n) is 13.4. The molecular weight excluding hydrogens is 532 g/mol. The molecule has 2 aromatic carbocycles. The van der Waals surface area contributed by atoms with Gasteiger partial charge in [0.2, 0.25) is 0 Å². The van der Waals surface area contributed by atoms with Crippen molar-refractivity contribution < 1.29 is 22.7 Å². The lowest BCUT2D eigenvalue weighted by Gasteiger charge is -2.44. The van der Waals surface area contributed by atoms with E-state index in [4.69, 9.17) is 9.47 Å². The number of carbonyl (C=O) groups excluding carboxylic acids is 1. The zero-order valence-corrected chi connectivity index (χ0v) is 23.1. The fourth-order valence-electron chi connectivity index (χ4n) is 6.03. The highest BCUT2D eigenvalue weighted by atomic mass is 32.2. The molecule has 0 unspecified atom stereocenters. The minimum absolute atomic E-state index is 0.0135. The number of fused-ring (bicyclic) bond motifs is 4. The average molecular weight is 565 g/mol. The standard InChI is InChI=1S/C29H32N4O6S/c1-38-23-6-8-24(9-7-23)40(36,37)30-25-16-21(29(35)31-11-13-39-14-12-31)5-10-27(25)32-17-20-15-22(19-32)26-3-2-4-28(34)33(26)18-20/h2-10,16,20,22,30H,11-15,17-19H2,1H3/t20-,22+/m1/s1. The molecule has 0 radical (unpaired) electrons. The van der Waals surface area contributed by atoms with E-state index in [1.165, 1.54) is 19.2 Å². The third kappa shape index (κ3) is 5.06. The molecule has 10 nitrogen and oxygen atoms in total. The van der Waals surface area contributed by atoms with Crippen LogP contribution in [0.4, 0.5) is 11.4 Å². The average Bonchev–Trinajstić information content (AvgIpc) is 2.97. The van der Waals surface area contributed by atoms with Crippen LogP contribution in [0.15, 0.2) is 70.4 Å². The third-order valence-electron chi connectivity index (χ3n) is 7.98. The van der Waals surface area contributed by atoms with Crippen LogP contribution in [0.25, 0.3) is 0 Å². The number of ether oxygens (including phenoxy) is 2. The van der Waals surface area contributed by atoms with Crippen LogP contribution in [-0.4, -0.2) is 70.3 Å². The van der Waals surface area contributed by atoms with Gasteiger partial charge in [-0.15, -0.1) is 0 Å². The number of hydrogen-bond acceptors (Lipinski definition) is 7. The number of pyridine rings is 1. The van der Waals surface area contributed by atoms with E-state index in [0.717, 1.165) is 12.1 Å². The molecule has 1 N–H and O–H groups in total. The molecule has 3 aliphatic heterocycles. The van der Waals surface area contributed by atoms with Gasteiger partial charge in [0.15, 0.2) is 0 Å². The summed E-state index contributed by atoms with van der Waals surface area (Å²) in [6.45, 7) is 3.86. The van der Waals surface area contributed by atoms with Crippen molar-refractivity contribution in [1.82, 2.24) is 9.47 Å². The summed E-state index contributed by atoms with van der Waals surface area (Å²) in [5, 5.41) is 0. The zero-order valence-electron chi connectivity index (χ0n) is 22.3. The van der Waals surface area contributed by atoms with Gasteiger partial charge in [-0.05, 0) is 60.9 Å². The molecule has 3 aromatic rings. The number of nitrogens with zero attached hydrogens (tertiary/aromatic N) is 3. The molecule has 0 spiro atoms. The van der Waals surface area contributed by atoms with Crippen LogP contribution < -0.4 is 19.9 Å². The molecule has 2 fully saturated rings. The summed E-state index contributed by atoms with van der Waals surface area (Å²) < 4.78 is 42.2. The fourth-order valence-corrected chi connectivity index (χ4v) is 7.09. The SMILES string of the molecule is COc1ccc(S(=O)(=O)Nc2cc(C(=O)N3CCOCC3)ccc2N2C[C@H]3C[C@@H](C2)c2cccc(=O)n2C3)cc1. The van der Waals surface area contributed by atoms with Crippen LogP contribution in [0.2, 0.25) is 0 Å². The molecule has 0 saturated carbocycles. The largest absolute Gasteiger partial charge is 0.497 e. The summed E-state index contributed by atoms with van der Waals surface area (Å²) in [6.07, 6.45) is 0.973. The Kier molecular flexibility index (Phi) is 7.01. The van der Waals surface area contributed by atoms with Gasteiger partial charge in [0, 0.05) is 56.0 Å². The number of nitrogens with one attached hydrogen (secondary N) is 1. The van der Waals surface area contributed by atoms with Gasteiger partial charge < -0.3 is 23.8 Å². The number of anilines is 2. The molecule has 4 heterocycles. The topological polar surface area (TPSA) is 110 Å². The Balaban J connectivity index is 1.36. The van der Waals surface area contributed by atoms with Crippen molar-refractivity contribution >= 4 is 27.3 Å². The summed E-state index contributed by atoms with van der Waals surface area (Å²) in [6, 6.07) is 16.8. The summed E-state index contributed by atoms with van der Waals surface area (Å²) in [5.41, 5.74) is 2.48. The van der Waals surface area contributed by atoms with E-state index < -0.39 is 10.0 Å². The lowest BCUT2D eigenvalue weighted by Crippen LogP contribution is -2.47. The smallest absolute Gasteiger partial charge is 0.261 e. The zero-order chi connectivity index (χ0) is 27.9. The van der Waals surface area contributed by atoms with Gasteiger partial charge >= 0.3 is 0 Å². The van der Waals surface area contributed by atoms with Crippen molar-refractivity contribution in [3.05, 3.63) is 82.3 Å². The molecule has 210 valence electrons. The Hall–Kier alpha value is -3.83. The Morgan fingerprint density at radius 1 is 1.00 bits per heavy atom. The molecule has 1 amide bonds. The molecule has 2 bridgehead atoms. The van der Waals surface area contributed by atoms with Crippen LogP contribution in [0, 0.1) is 5.92 Å². The maximum atomic E-state index is 13.5. The molecule has 2 saturated heterocycles. The van der Waals surface area contributed by atoms with Crippen molar-refractivity contribution in [2.24, 2.45) is 5.92 Å². The van der Waals surface area contributed by atoms with Gasteiger partial charge in [0.05, 0.1) is 36.6 Å². The molecule has 3 aliphatic rings. The first kappa shape index (κ1) is 26.4. The van der Waals surface area contributed by atoms with Crippen LogP contribution in [0.1, 0.15) is 28.4 Å². The number of benzene rings is 2. The number of aromatic nitrogens is 1. The predicted octanol–water partition coefficient (Wildman–Crippen LogP) is 2.75. The van der Waals surface area contributed by atoms with E-state index in [1.54, 1.807) is 41.3 Å². The van der Waals surface area contributed by atoms with Crippen molar-refractivity contribution in [3.63, 3.8) is 0 Å². The highest BCUT2D eigenvalue weighted by molar-refractivity contribution is 7.92. The number of rotatable bonds is 6. The van der Waals surface area contributed by atoms with Crippen LogP contribution >= 0.6 is 0 Å². The fraction of sp³-hybridized carbons (Fsp3) is 0.379. The number of amides is 1. The van der Waals surface area contributed by atoms with E-state index in [-0.39, 0.29) is 28.2 Å². The first-order chi connectivity index (χ1) is 19.3. The van der Waals surface area contributed by atoms with Gasteiger partial charge in [-0.3, -0.25) is 14.3 Å². The third-order valence-corrected chi connectivity index (χ3v) is 9.36. The lowest BCUT2D eigenvalue weighted by atomic mass is 9.83. The molecule has 11 heteroatoms. The van der Waals surface area contributed by atoms with Crippen molar-refractivity contribution in [2.45, 2.75) is 23.8 Å². The summed E-state index contributed by atoms with van der Waals surface area (Å²) in [5.74, 6) is 0.773. The number of methoxy groups -OCH3 is 1. The van der Waals surface area contributed by atoms with Gasteiger partial charge in [-0.25, -0.2) is 8.42 Å². The monoisotopic (exact) mass is 564 g/mol. The van der Waals surface area contributed by atoms with Gasteiger partial charge in [0.1, 0.15) is 5.75 Å². The van der Waals surface area contributed by atoms with Gasteiger partial charge in [-0.2, -0.15) is 0 Å². The Morgan fingerprint density at radius 2 is 1.77 bits per heavy atom. The molecule has 2 atom stereocenters. The minimum atomic E-state index is -3.96. The van der Waals surface area contributed by atoms with Gasteiger partial charge in [-0.1, -0.05) is 6.07 Å². The second kappa shape index (κ2) is 10.6. The molecule has 1 aromatic heterocycles. The molecule has 40 heavy (non-hydrogen) atoms. The van der Waals surface area contributed by atoms with Gasteiger partial charge in [0.25, 0.3) is 21.5 Å². The van der Waals surface area contributed by atoms with Crippen LogP contribution in [0.5, 0.6) is 5.75 Å². The van der Waals surface area contributed by atoms with Crippen molar-refractivity contribution in [1.29, 1.82) is 0 Å². The van der Waals surface area contributed by atoms with E-state index in [9.17, 15) is 18.0 Å². The Labute approximate surface area is 233 Å². The van der Waals surface area contributed by atoms with Crippen LogP contribution in [-0.2, 0) is 21.3 Å². The highest BCUT2D eigenvalue weighted by Crippen LogP contribution is 2.40. The van der Waals surface area contributed by atoms with E-state index in [2.05, 4.69) is 9.62 Å². The predicted molar refractivity (Wildman–Crippen MR) is 151 cm³/mol. The molecular formula is C29H32N4O6S. The number of piperidine rings is 1. The van der Waals surface area contributed by atoms with Crippen molar-refractivity contribution in [3.8, 4) is 5.75 Å². The first-order valence-corrected chi connectivity index (χ1v) is 14.9. The maximum Gasteiger partial charge on any atom is 0.261 e. The second-order valence-electron chi connectivity index (χ2n) is 10.5. The second-order valence-corrected chi connectivity index (χ2v) is 12.2. The normalized spacial score (nSPS) is 20.5.